The van der Waals surface area contributed by atoms with E-state index in [1.54, 1.807) is 31.1 Å². The van der Waals surface area contributed by atoms with Crippen molar-refractivity contribution in [1.82, 2.24) is 30.4 Å². The summed E-state index contributed by atoms with van der Waals surface area (Å²) in [5, 5.41) is 9.66. The van der Waals surface area contributed by atoms with Gasteiger partial charge < -0.3 is 25.8 Å². The van der Waals surface area contributed by atoms with Gasteiger partial charge in [0.2, 0.25) is 5.91 Å². The number of carbonyl (C=O) groups is 3. The number of rotatable bonds is 5. The summed E-state index contributed by atoms with van der Waals surface area (Å²) in [6.45, 7) is 1.68. The van der Waals surface area contributed by atoms with Crippen molar-refractivity contribution in [2.24, 2.45) is 5.92 Å². The largest absolute Gasteiger partial charge is 0.349 e. The van der Waals surface area contributed by atoms with Crippen LogP contribution in [0.4, 0.5) is 5.82 Å². The predicted octanol–water partition coefficient (Wildman–Crippen LogP) is 2.09. The molecule has 10 nitrogen and oxygen atoms in total. The highest BCUT2D eigenvalue weighted by molar-refractivity contribution is 7.82. The first-order chi connectivity index (χ1) is 17.6. The summed E-state index contributed by atoms with van der Waals surface area (Å²) < 4.78 is 0. The number of fused-ring (bicyclic) bond motifs is 1. The minimum Gasteiger partial charge on any atom is -0.349 e. The molecule has 1 aliphatic heterocycles. The molecule has 0 radical (unpaired) electrons. The van der Waals surface area contributed by atoms with Gasteiger partial charge in [-0.15, -0.1) is 11.3 Å². The maximum atomic E-state index is 13.2. The number of anilines is 1. The summed E-state index contributed by atoms with van der Waals surface area (Å²) in [6, 6.07) is 2.40. The van der Waals surface area contributed by atoms with E-state index in [4.69, 9.17) is 23.8 Å². The van der Waals surface area contributed by atoms with Crippen LogP contribution in [0.3, 0.4) is 0 Å². The van der Waals surface area contributed by atoms with E-state index < -0.39 is 18.0 Å². The highest BCUT2D eigenvalue weighted by Crippen LogP contribution is 2.28. The number of thiocarbonyl (C=S) groups is 1. The molecule has 4 rings (SSSR count). The Labute approximate surface area is 230 Å². The summed E-state index contributed by atoms with van der Waals surface area (Å²) in [4.78, 5) is 52.3. The second-order valence-electron chi connectivity index (χ2n) is 9.60. The second kappa shape index (κ2) is 11.8. The number of amides is 3. The molecule has 2 aromatic rings. The normalized spacial score (nSPS) is 21.5. The lowest BCUT2D eigenvalue weighted by atomic mass is 9.81. The SMILES string of the molecule is CN1CCc2nc(C(=O)N[C@@H]3C[C@@H](C(=O)N(C)C)CC[C@@H]3NC(=O)C(=S)Nc3ccc(Cl)cn3)sc2C1. The van der Waals surface area contributed by atoms with Crippen molar-refractivity contribution in [3.05, 3.63) is 38.9 Å². The Morgan fingerprint density at radius 1 is 1.19 bits per heavy atom. The van der Waals surface area contributed by atoms with Crippen LogP contribution in [-0.2, 0) is 22.6 Å². The Morgan fingerprint density at radius 2 is 1.97 bits per heavy atom. The molecule has 37 heavy (non-hydrogen) atoms. The zero-order valence-electron chi connectivity index (χ0n) is 20.9. The smallest absolute Gasteiger partial charge is 0.280 e. The molecule has 3 amide bonds. The summed E-state index contributed by atoms with van der Waals surface area (Å²) in [6.07, 6.45) is 3.77. The van der Waals surface area contributed by atoms with Crippen LogP contribution < -0.4 is 16.0 Å². The van der Waals surface area contributed by atoms with E-state index in [9.17, 15) is 14.4 Å². The Kier molecular flexibility index (Phi) is 8.73. The molecule has 198 valence electrons. The molecular formula is C24H30ClN7O3S2. The maximum absolute atomic E-state index is 13.2. The summed E-state index contributed by atoms with van der Waals surface area (Å²) in [5.74, 6) is -0.637. The Hall–Kier alpha value is -2.67. The van der Waals surface area contributed by atoms with Gasteiger partial charge >= 0.3 is 0 Å². The van der Waals surface area contributed by atoms with Crippen molar-refractivity contribution in [2.75, 3.05) is 33.0 Å². The molecule has 1 saturated carbocycles. The Morgan fingerprint density at radius 3 is 2.68 bits per heavy atom. The van der Waals surface area contributed by atoms with Crippen LogP contribution in [0.15, 0.2) is 18.3 Å². The van der Waals surface area contributed by atoms with Crippen molar-refractivity contribution in [1.29, 1.82) is 0 Å². The average molecular weight is 564 g/mol. The Bertz CT molecular complexity index is 1190. The Balaban J connectivity index is 1.45. The van der Waals surface area contributed by atoms with E-state index >= 15 is 0 Å². The van der Waals surface area contributed by atoms with Gasteiger partial charge in [0.1, 0.15) is 5.82 Å². The second-order valence-corrected chi connectivity index (χ2v) is 11.5. The molecule has 3 atom stereocenters. The van der Waals surface area contributed by atoms with E-state index in [-0.39, 0.29) is 22.7 Å². The number of carbonyl (C=O) groups excluding carboxylic acids is 3. The standard InChI is InChI=1S/C24H30ClN7O3S2/c1-31(2)24(35)13-4-6-15(27-20(33)22(36)30-19-7-5-14(25)11-26-19)17(10-13)28-21(34)23-29-16-8-9-32(3)12-18(16)37-23/h5,7,11,13,15,17H,4,6,8-10,12H2,1-3H3,(H,27,33)(H,28,34)(H,26,30,36)/t13-,15-,17+/m0/s1. The van der Waals surface area contributed by atoms with Crippen molar-refractivity contribution < 1.29 is 14.4 Å². The van der Waals surface area contributed by atoms with Crippen LogP contribution in [0, 0.1) is 5.92 Å². The van der Waals surface area contributed by atoms with Crippen molar-refractivity contribution >= 4 is 63.7 Å². The molecule has 1 fully saturated rings. The number of hydrogen-bond donors (Lipinski definition) is 3. The minimum absolute atomic E-state index is 0.00257. The molecule has 3 N–H and O–H groups in total. The van der Waals surface area contributed by atoms with Crippen LogP contribution in [0.1, 0.15) is 39.6 Å². The lowest BCUT2D eigenvalue weighted by Crippen LogP contribution is -2.57. The van der Waals surface area contributed by atoms with Crippen LogP contribution in [0.25, 0.3) is 0 Å². The third kappa shape index (κ3) is 6.81. The van der Waals surface area contributed by atoms with E-state index in [1.807, 2.05) is 7.05 Å². The number of aromatic nitrogens is 2. The lowest BCUT2D eigenvalue weighted by Gasteiger charge is -2.37. The van der Waals surface area contributed by atoms with Gasteiger partial charge in [-0.2, -0.15) is 0 Å². The van der Waals surface area contributed by atoms with Crippen molar-refractivity contribution in [3.63, 3.8) is 0 Å². The zero-order valence-corrected chi connectivity index (χ0v) is 23.3. The highest BCUT2D eigenvalue weighted by atomic mass is 35.5. The van der Waals surface area contributed by atoms with Crippen molar-refractivity contribution in [2.45, 2.75) is 44.3 Å². The monoisotopic (exact) mass is 563 g/mol. The van der Waals surface area contributed by atoms with Gasteiger partial charge in [0, 0.05) is 56.6 Å². The average Bonchev–Trinajstić information content (AvgIpc) is 3.29. The van der Waals surface area contributed by atoms with Gasteiger partial charge in [0.25, 0.3) is 11.8 Å². The van der Waals surface area contributed by atoms with Crippen LogP contribution in [0.2, 0.25) is 5.02 Å². The molecule has 0 bridgehead atoms. The zero-order chi connectivity index (χ0) is 26.7. The number of hydrogen-bond acceptors (Lipinski definition) is 8. The number of likely N-dealkylation sites (N-methyl/N-ethyl adjacent to an activating group) is 1. The molecule has 0 unspecified atom stereocenters. The van der Waals surface area contributed by atoms with Crippen LogP contribution >= 0.6 is 35.2 Å². The molecule has 0 saturated heterocycles. The quantitative estimate of drug-likeness (QED) is 0.473. The maximum Gasteiger partial charge on any atom is 0.280 e. The molecule has 2 aliphatic rings. The van der Waals surface area contributed by atoms with Gasteiger partial charge in [0.15, 0.2) is 10.00 Å². The third-order valence-corrected chi connectivity index (χ3v) is 8.16. The molecule has 13 heteroatoms. The molecular weight excluding hydrogens is 534 g/mol. The van der Waals surface area contributed by atoms with Gasteiger partial charge in [-0.3, -0.25) is 14.4 Å². The summed E-state index contributed by atoms with van der Waals surface area (Å²) in [7, 11) is 5.48. The molecule has 0 spiro atoms. The molecule has 1 aliphatic carbocycles. The topological polar surface area (TPSA) is 120 Å². The van der Waals surface area contributed by atoms with Crippen LogP contribution in [0.5, 0.6) is 0 Å². The van der Waals surface area contributed by atoms with Crippen LogP contribution in [-0.4, -0.2) is 82.2 Å². The first-order valence-corrected chi connectivity index (χ1v) is 13.6. The number of nitrogens with one attached hydrogen (secondary N) is 3. The number of nitrogens with zero attached hydrogens (tertiary/aromatic N) is 4. The fourth-order valence-electron chi connectivity index (χ4n) is 4.60. The fourth-order valence-corrected chi connectivity index (χ4v) is 5.97. The van der Waals surface area contributed by atoms with E-state index in [1.165, 1.54) is 17.5 Å². The number of halogens is 1. The van der Waals surface area contributed by atoms with Crippen molar-refractivity contribution in [3.8, 4) is 0 Å². The third-order valence-electron chi connectivity index (χ3n) is 6.56. The minimum atomic E-state index is -0.485. The van der Waals surface area contributed by atoms with Gasteiger partial charge in [-0.05, 0) is 38.4 Å². The fraction of sp³-hybridized carbons (Fsp3) is 0.500. The number of thiazole rings is 1. The lowest BCUT2D eigenvalue weighted by molar-refractivity contribution is -0.134. The van der Waals surface area contributed by atoms with E-state index in [0.717, 1.165) is 30.1 Å². The van der Waals surface area contributed by atoms with E-state index in [2.05, 4.69) is 30.8 Å². The predicted molar refractivity (Wildman–Crippen MR) is 147 cm³/mol. The van der Waals surface area contributed by atoms with Gasteiger partial charge in [0.05, 0.1) is 16.8 Å². The van der Waals surface area contributed by atoms with E-state index in [0.29, 0.717) is 35.1 Å². The highest BCUT2D eigenvalue weighted by Gasteiger charge is 2.37. The first kappa shape index (κ1) is 27.4. The number of pyridine rings is 1. The molecule has 3 heterocycles. The van der Waals surface area contributed by atoms with Gasteiger partial charge in [-0.25, -0.2) is 9.97 Å². The summed E-state index contributed by atoms with van der Waals surface area (Å²) >= 11 is 12.5. The first-order valence-electron chi connectivity index (χ1n) is 12.0. The molecule has 2 aromatic heterocycles. The molecule has 0 aromatic carbocycles. The summed E-state index contributed by atoms with van der Waals surface area (Å²) in [5.41, 5.74) is 0.967. The van der Waals surface area contributed by atoms with Gasteiger partial charge in [-0.1, -0.05) is 23.8 Å².